The Labute approximate surface area is 149 Å². The second kappa shape index (κ2) is 8.02. The molecule has 0 aliphatic rings. The molecule has 132 valence electrons. The number of carbonyl (C=O) groups excluding carboxylic acids is 1. The van der Waals surface area contributed by atoms with Crippen LogP contribution in [0.5, 0.6) is 0 Å². The molecule has 3 rings (SSSR count). The highest BCUT2D eigenvalue weighted by Gasteiger charge is 2.07. The van der Waals surface area contributed by atoms with Crippen molar-refractivity contribution in [1.82, 2.24) is 15.2 Å². The van der Waals surface area contributed by atoms with Crippen molar-refractivity contribution in [2.24, 2.45) is 0 Å². The first-order valence-corrected chi connectivity index (χ1v) is 7.90. The molecule has 2 aromatic carbocycles. The van der Waals surface area contributed by atoms with Crippen LogP contribution in [0.15, 0.2) is 54.7 Å². The average molecular weight is 353 g/mol. The van der Waals surface area contributed by atoms with Gasteiger partial charge in [-0.3, -0.25) is 0 Å². The molecule has 8 heteroatoms. The maximum atomic E-state index is 13.2. The fraction of sp³-hybridized carbons (Fsp3) is 0.111. The van der Waals surface area contributed by atoms with Gasteiger partial charge in [-0.2, -0.15) is 10.1 Å². The normalized spacial score (nSPS) is 10.2. The Hall–Kier alpha value is -3.55. The molecule has 0 amide bonds. The van der Waals surface area contributed by atoms with Crippen LogP contribution in [0.4, 0.5) is 27.5 Å². The largest absolute Gasteiger partial charge is 0.462 e. The van der Waals surface area contributed by atoms with E-state index in [0.717, 1.165) is 0 Å². The van der Waals surface area contributed by atoms with E-state index in [9.17, 15) is 9.18 Å². The van der Waals surface area contributed by atoms with Crippen LogP contribution in [0, 0.1) is 5.82 Å². The Morgan fingerprint density at radius 1 is 1.12 bits per heavy atom. The minimum absolute atomic E-state index is 0.260. The summed E-state index contributed by atoms with van der Waals surface area (Å²) in [6.45, 7) is 2.08. The van der Waals surface area contributed by atoms with Crippen LogP contribution in [-0.4, -0.2) is 27.8 Å². The molecule has 0 saturated heterocycles. The van der Waals surface area contributed by atoms with Crippen LogP contribution in [0.2, 0.25) is 0 Å². The van der Waals surface area contributed by atoms with Crippen molar-refractivity contribution in [3.63, 3.8) is 0 Å². The maximum Gasteiger partial charge on any atom is 0.338 e. The molecule has 0 saturated carbocycles. The topological polar surface area (TPSA) is 89.0 Å². The predicted octanol–water partition coefficient (Wildman–Crippen LogP) is 3.67. The van der Waals surface area contributed by atoms with Crippen molar-refractivity contribution < 1.29 is 13.9 Å². The van der Waals surface area contributed by atoms with Gasteiger partial charge in [0.1, 0.15) is 5.82 Å². The molecule has 0 unspecified atom stereocenters. The third kappa shape index (κ3) is 4.50. The molecular weight excluding hydrogens is 337 g/mol. The van der Waals surface area contributed by atoms with Crippen molar-refractivity contribution in [3.8, 4) is 0 Å². The number of carbonyl (C=O) groups is 1. The van der Waals surface area contributed by atoms with E-state index in [4.69, 9.17) is 4.74 Å². The Bertz CT molecular complexity index is 902. The summed E-state index contributed by atoms with van der Waals surface area (Å²) in [5.74, 6) is -0.0538. The highest BCUT2D eigenvalue weighted by Crippen LogP contribution is 2.18. The molecule has 1 heterocycles. The number of nitrogens with one attached hydrogen (secondary N) is 2. The van der Waals surface area contributed by atoms with E-state index in [-0.39, 0.29) is 17.7 Å². The maximum absolute atomic E-state index is 13.2. The zero-order valence-electron chi connectivity index (χ0n) is 13.9. The molecule has 0 bridgehead atoms. The zero-order chi connectivity index (χ0) is 18.4. The lowest BCUT2D eigenvalue weighted by atomic mass is 10.2. The molecule has 0 atom stereocenters. The fourth-order valence-corrected chi connectivity index (χ4v) is 2.16. The van der Waals surface area contributed by atoms with Crippen LogP contribution in [0.25, 0.3) is 0 Å². The van der Waals surface area contributed by atoms with Crippen LogP contribution in [-0.2, 0) is 4.74 Å². The number of anilines is 4. The van der Waals surface area contributed by atoms with Crippen molar-refractivity contribution in [3.05, 3.63) is 66.1 Å². The smallest absolute Gasteiger partial charge is 0.338 e. The molecule has 7 nitrogen and oxygen atoms in total. The highest BCUT2D eigenvalue weighted by molar-refractivity contribution is 5.89. The van der Waals surface area contributed by atoms with Crippen LogP contribution >= 0.6 is 0 Å². The number of benzene rings is 2. The summed E-state index contributed by atoms with van der Waals surface area (Å²) >= 11 is 0. The Kier molecular flexibility index (Phi) is 5.33. The summed E-state index contributed by atoms with van der Waals surface area (Å²) in [6, 6.07) is 12.7. The third-order valence-corrected chi connectivity index (χ3v) is 3.31. The van der Waals surface area contributed by atoms with Crippen molar-refractivity contribution in [2.45, 2.75) is 6.92 Å². The lowest BCUT2D eigenvalue weighted by Gasteiger charge is -2.08. The first-order chi connectivity index (χ1) is 12.6. The van der Waals surface area contributed by atoms with E-state index in [1.165, 1.54) is 18.3 Å². The molecule has 0 fully saturated rings. The number of hydrogen-bond donors (Lipinski definition) is 2. The molecular formula is C18H16FN5O2. The van der Waals surface area contributed by atoms with E-state index in [1.54, 1.807) is 43.3 Å². The summed E-state index contributed by atoms with van der Waals surface area (Å²) < 4.78 is 18.2. The number of esters is 1. The molecule has 26 heavy (non-hydrogen) atoms. The molecule has 0 aliphatic carbocycles. The number of hydrogen-bond acceptors (Lipinski definition) is 7. The van der Waals surface area contributed by atoms with Gasteiger partial charge in [-0.25, -0.2) is 9.18 Å². The van der Waals surface area contributed by atoms with E-state index in [1.807, 2.05) is 0 Å². The molecule has 3 aromatic rings. The van der Waals surface area contributed by atoms with Crippen LogP contribution in [0.1, 0.15) is 17.3 Å². The number of halogens is 1. The van der Waals surface area contributed by atoms with Gasteiger partial charge in [0.05, 0.1) is 18.4 Å². The first kappa shape index (κ1) is 17.3. The van der Waals surface area contributed by atoms with Gasteiger partial charge in [0.2, 0.25) is 5.95 Å². The molecule has 0 spiro atoms. The standard InChI is InChI=1S/C18H16FN5O2/c1-2-26-17(25)12-6-8-14(9-7-12)22-18-23-16(11-20-24-18)21-15-5-3-4-13(19)10-15/h3-11H,2H2,1H3,(H2,21,22,23,24). The van der Waals surface area contributed by atoms with E-state index in [2.05, 4.69) is 25.8 Å². The first-order valence-electron chi connectivity index (χ1n) is 7.90. The number of nitrogens with zero attached hydrogens (tertiary/aromatic N) is 3. The summed E-state index contributed by atoms with van der Waals surface area (Å²) in [7, 11) is 0. The van der Waals surface area contributed by atoms with E-state index < -0.39 is 0 Å². The summed E-state index contributed by atoms with van der Waals surface area (Å²) in [4.78, 5) is 15.9. The SMILES string of the molecule is CCOC(=O)c1ccc(Nc2nncc(Nc3cccc(F)c3)n2)cc1. The van der Waals surface area contributed by atoms with Gasteiger partial charge in [-0.1, -0.05) is 6.07 Å². The summed E-state index contributed by atoms with van der Waals surface area (Å²) in [5, 5.41) is 13.7. The number of rotatable bonds is 6. The van der Waals surface area contributed by atoms with E-state index >= 15 is 0 Å². The van der Waals surface area contributed by atoms with Crippen molar-refractivity contribution >= 4 is 29.1 Å². The van der Waals surface area contributed by atoms with Gasteiger partial charge in [0.25, 0.3) is 0 Å². The second-order valence-electron chi connectivity index (χ2n) is 5.22. The lowest BCUT2D eigenvalue weighted by molar-refractivity contribution is 0.0526. The molecule has 1 aromatic heterocycles. The van der Waals surface area contributed by atoms with E-state index in [0.29, 0.717) is 29.4 Å². The van der Waals surface area contributed by atoms with Gasteiger partial charge in [-0.05, 0) is 49.4 Å². The van der Waals surface area contributed by atoms with Crippen LogP contribution < -0.4 is 10.6 Å². The molecule has 0 radical (unpaired) electrons. The minimum Gasteiger partial charge on any atom is -0.462 e. The van der Waals surface area contributed by atoms with Crippen LogP contribution in [0.3, 0.4) is 0 Å². The van der Waals surface area contributed by atoms with Gasteiger partial charge in [0.15, 0.2) is 5.82 Å². The summed E-state index contributed by atoms with van der Waals surface area (Å²) in [6.07, 6.45) is 1.43. The number of ether oxygens (including phenoxy) is 1. The third-order valence-electron chi connectivity index (χ3n) is 3.31. The number of aromatic nitrogens is 3. The lowest BCUT2D eigenvalue weighted by Crippen LogP contribution is -2.05. The Morgan fingerprint density at radius 2 is 1.92 bits per heavy atom. The summed E-state index contributed by atoms with van der Waals surface area (Å²) in [5.41, 5.74) is 1.69. The average Bonchev–Trinajstić information content (AvgIpc) is 2.63. The molecule has 2 N–H and O–H groups in total. The van der Waals surface area contributed by atoms with Gasteiger partial charge >= 0.3 is 5.97 Å². The Morgan fingerprint density at radius 3 is 2.65 bits per heavy atom. The van der Waals surface area contributed by atoms with Crippen molar-refractivity contribution in [2.75, 3.05) is 17.2 Å². The second-order valence-corrected chi connectivity index (χ2v) is 5.22. The zero-order valence-corrected chi connectivity index (χ0v) is 13.9. The van der Waals surface area contributed by atoms with Gasteiger partial charge in [0, 0.05) is 11.4 Å². The minimum atomic E-state index is -0.377. The monoisotopic (exact) mass is 353 g/mol. The van der Waals surface area contributed by atoms with Gasteiger partial charge < -0.3 is 15.4 Å². The predicted molar refractivity (Wildman–Crippen MR) is 95.2 cm³/mol. The Balaban J connectivity index is 1.69. The van der Waals surface area contributed by atoms with Crippen molar-refractivity contribution in [1.29, 1.82) is 0 Å². The quantitative estimate of drug-likeness (QED) is 0.654. The fourth-order valence-electron chi connectivity index (χ4n) is 2.16. The molecule has 0 aliphatic heterocycles. The van der Waals surface area contributed by atoms with Gasteiger partial charge in [-0.15, -0.1) is 5.10 Å². The highest BCUT2D eigenvalue weighted by atomic mass is 19.1.